The fourth-order valence-electron chi connectivity index (χ4n) is 0. The van der Waals surface area contributed by atoms with Crippen LogP contribution in [0.4, 0.5) is 0 Å². The first-order valence-electron chi connectivity index (χ1n) is 1.38. The summed E-state index contributed by atoms with van der Waals surface area (Å²) >= 11 is -0.403. The Bertz CT molecular complexity index is 21.5. The van der Waals surface area contributed by atoms with E-state index in [0.717, 1.165) is 11.8 Å². The SMILES string of the molecule is [3H][I-]PP[I-][3H]. The van der Waals surface area contributed by atoms with E-state index in [1.807, 2.05) is 0 Å². The van der Waals surface area contributed by atoms with E-state index in [2.05, 4.69) is 0 Å². The first-order valence-corrected chi connectivity index (χ1v) is 9.86. The summed E-state index contributed by atoms with van der Waals surface area (Å²) in [6.07, 6.45) is 0. The molecule has 0 aliphatic carbocycles. The van der Waals surface area contributed by atoms with Crippen LogP contribution in [0.25, 0.3) is 0 Å². The topological polar surface area (TPSA) is 0 Å². The third-order valence-electron chi connectivity index (χ3n) is 0.0357. The summed E-state index contributed by atoms with van der Waals surface area (Å²) in [5.74, 6) is 1.76. The fourth-order valence-corrected chi connectivity index (χ4v) is 0. The molecule has 0 bridgehead atoms. The van der Waals surface area contributed by atoms with E-state index in [1.165, 1.54) is 0 Å². The van der Waals surface area contributed by atoms with E-state index >= 15 is 0 Å². The Hall–Kier alpha value is 2.32. The zero-order chi connectivity index (χ0) is 4.83. The molecule has 2 atom stereocenters. The summed E-state index contributed by atoms with van der Waals surface area (Å²) < 4.78 is 13.5. The van der Waals surface area contributed by atoms with Gasteiger partial charge in [-0.2, -0.15) is 0 Å². The number of halogens is 2. The van der Waals surface area contributed by atoms with Crippen molar-refractivity contribution in [2.24, 2.45) is 0 Å². The minimum absolute atomic E-state index is 0.201. The van der Waals surface area contributed by atoms with Crippen molar-refractivity contribution < 1.29 is 43.7 Å². The molecule has 30 valence electrons. The minimum atomic E-state index is -0.201. The number of hydrogen-bond acceptors (Lipinski definition) is 0. The van der Waals surface area contributed by atoms with Gasteiger partial charge in [0.15, 0.2) is 0 Å². The Morgan fingerprint density at radius 2 is 2.00 bits per heavy atom. The van der Waals surface area contributed by atoms with Crippen molar-refractivity contribution in [3.8, 4) is 0 Å². The monoisotopic (exact) mass is 324 g/mol. The maximum absolute atomic E-state index is 6.77. The van der Waals surface area contributed by atoms with Gasteiger partial charge in [0.2, 0.25) is 0 Å². The molecule has 0 radical (unpaired) electrons. The van der Waals surface area contributed by atoms with Gasteiger partial charge in [0.1, 0.15) is 0 Å². The Morgan fingerprint density at radius 1 is 1.50 bits per heavy atom. The van der Waals surface area contributed by atoms with Crippen molar-refractivity contribution in [1.29, 1.82) is 1.19 Å². The van der Waals surface area contributed by atoms with Crippen molar-refractivity contribution in [3.63, 3.8) is 0 Å². The molecule has 0 aliphatic heterocycles. The molecule has 0 aliphatic rings. The van der Waals surface area contributed by atoms with Crippen LogP contribution < -0.4 is 43.7 Å². The van der Waals surface area contributed by atoms with Crippen LogP contribution in [0, 0.1) is 0 Å². The van der Waals surface area contributed by atoms with Gasteiger partial charge in [-0.25, -0.2) is 0 Å². The van der Waals surface area contributed by atoms with Crippen molar-refractivity contribution in [3.05, 3.63) is 0 Å². The molecule has 4 heteroatoms. The van der Waals surface area contributed by atoms with E-state index in [1.54, 1.807) is 0 Å². The van der Waals surface area contributed by atoms with Crippen LogP contribution in [0.5, 0.6) is 0 Å². The van der Waals surface area contributed by atoms with Gasteiger partial charge in [-0.05, 0) is 0 Å². The summed E-state index contributed by atoms with van der Waals surface area (Å²) in [5.41, 5.74) is 0. The Kier molecular flexibility index (Phi) is 4.44. The molecular formula is H4I2P2-2. The van der Waals surface area contributed by atoms with Gasteiger partial charge in [0.25, 0.3) is 0 Å². The molecule has 0 spiro atoms. The fraction of sp³-hybridized carbons (Fsp3) is 0. The first-order chi connectivity index (χ1) is 2.91. The van der Waals surface area contributed by atoms with E-state index in [9.17, 15) is 0 Å². The molecule has 0 aromatic heterocycles. The van der Waals surface area contributed by atoms with Crippen LogP contribution in [0.3, 0.4) is 0 Å². The predicted octanol–water partition coefficient (Wildman–Crippen LogP) is -5.34. The second-order valence-corrected chi connectivity index (χ2v) is 11.4. The number of rotatable bonds is 3. The van der Waals surface area contributed by atoms with Gasteiger partial charge in [0, 0.05) is 0 Å². The Labute approximate surface area is 56.2 Å². The van der Waals surface area contributed by atoms with Crippen LogP contribution in [0.15, 0.2) is 0 Å². The van der Waals surface area contributed by atoms with Crippen molar-refractivity contribution in [2.45, 2.75) is 0 Å². The zero-order valence-electron chi connectivity index (χ0n) is 3.76. The third kappa shape index (κ3) is 4.32. The van der Waals surface area contributed by atoms with E-state index < -0.39 is 0 Å². The van der Waals surface area contributed by atoms with Crippen LogP contribution >= 0.6 is 11.8 Å². The van der Waals surface area contributed by atoms with E-state index in [-0.39, 0.29) is 43.7 Å². The molecular weight excluding hydrogens is 316 g/mol. The summed E-state index contributed by atoms with van der Waals surface area (Å²) in [6, 6.07) is 0. The molecule has 0 saturated carbocycles. The third-order valence-corrected chi connectivity index (χ3v) is 14.5. The van der Waals surface area contributed by atoms with Gasteiger partial charge < -0.3 is 0 Å². The van der Waals surface area contributed by atoms with Gasteiger partial charge in [-0.15, -0.1) is 0 Å². The summed E-state index contributed by atoms with van der Waals surface area (Å²) in [7, 11) is 0. The second kappa shape index (κ2) is 5.32. The van der Waals surface area contributed by atoms with Crippen LogP contribution in [0.1, 0.15) is 0 Å². The van der Waals surface area contributed by atoms with Gasteiger partial charge in [-0.1, -0.05) is 0 Å². The van der Waals surface area contributed by atoms with Gasteiger partial charge >= 0.3 is 56.7 Å². The van der Waals surface area contributed by atoms with Gasteiger partial charge in [-0.3, -0.25) is 0 Å². The molecule has 0 heterocycles. The van der Waals surface area contributed by atoms with Crippen LogP contribution in [0.2, 0.25) is 0 Å². The van der Waals surface area contributed by atoms with Crippen molar-refractivity contribution in [2.75, 3.05) is 0 Å². The summed E-state index contributed by atoms with van der Waals surface area (Å²) in [4.78, 5) is 0. The molecule has 0 aromatic rings. The van der Waals surface area contributed by atoms with Crippen molar-refractivity contribution in [1.82, 2.24) is 0 Å². The molecule has 0 rings (SSSR count). The molecule has 2 unspecified atom stereocenters. The maximum atomic E-state index is 6.77. The van der Waals surface area contributed by atoms with Gasteiger partial charge in [0.05, 0.1) is 0 Å². The molecule has 0 amide bonds. The van der Waals surface area contributed by atoms with Crippen molar-refractivity contribution >= 4 is 11.8 Å². The summed E-state index contributed by atoms with van der Waals surface area (Å²) in [5, 5.41) is 0. The molecule has 0 nitrogen and oxygen atoms in total. The standard InChI is InChI=1S/H4I2P2/c1-3-4-2/h1-4H/q-2/i1T,2T. The number of hydrogen-bond donors (Lipinski definition) is 0. The first kappa shape index (κ1) is 3.34. The Balaban J connectivity index is 2.34. The molecule has 0 saturated heterocycles. The van der Waals surface area contributed by atoms with E-state index in [4.69, 9.17) is 1.19 Å². The summed E-state index contributed by atoms with van der Waals surface area (Å²) in [6.45, 7) is 0. The van der Waals surface area contributed by atoms with Crippen LogP contribution in [-0.4, -0.2) is 1.19 Å². The zero-order valence-corrected chi connectivity index (χ0v) is 8.07. The predicted molar refractivity (Wildman–Crippen MR) is 19.4 cm³/mol. The average molecular weight is 324 g/mol. The molecule has 4 heavy (non-hydrogen) atoms. The molecule has 0 fully saturated rings. The molecule has 0 N–H and O–H groups in total. The molecule has 0 aromatic carbocycles. The Morgan fingerprint density at radius 3 is 2.25 bits per heavy atom. The quantitative estimate of drug-likeness (QED) is 0.276. The normalized spacial score (nSPS) is 22.0. The van der Waals surface area contributed by atoms with Crippen LogP contribution in [-0.2, 0) is 0 Å². The van der Waals surface area contributed by atoms with E-state index in [0.29, 0.717) is 0 Å². The average Bonchev–Trinajstić information content (AvgIpc) is 1.61. The second-order valence-electron chi connectivity index (χ2n) is 0.189.